The predicted octanol–water partition coefficient (Wildman–Crippen LogP) is -0.194. The summed E-state index contributed by atoms with van der Waals surface area (Å²) in [5, 5.41) is 99.1. The van der Waals surface area contributed by atoms with Crippen molar-refractivity contribution in [1.82, 2.24) is 0 Å². The number of rotatable bonds is 15. The van der Waals surface area contributed by atoms with Crippen molar-refractivity contribution < 1.29 is 112 Å². The Morgan fingerprint density at radius 1 is 0.727 bits per heavy atom. The standard InChI is InChI=1S/C54H84O23/c1-23(56)11-10-16-53(8)44-30(71-25(3)57)19-52(7)27-12-13-32-50(4,5)33(15-17-51(32,6)26(27)14-18-54(44,52)49(66)77-53)73-48-43(34(60)28(58)21-69-48)76-46-37(63)36(62)40(24(2)70-46)74-47-39(65)42(35(61)31(20-55)72-47)75-45-38(64)41(67-9)29(59)22-68-45/h12,24,26,28-48,55,58-65H,10-11,13-22H2,1-9H3/t24-,26-,28-,29-,30+,31-,32+,33+,34+,35-,36-,37-,38-,39-,40-,41+,42+,43-,44-,45+,46+,47+,48+,51-,52+,53+,54-/m1/s1. The number of hydrogen-bond acceptors (Lipinski definition) is 23. The smallest absolute Gasteiger partial charge is 0.314 e. The van der Waals surface area contributed by atoms with E-state index in [1.54, 1.807) is 6.92 Å². The van der Waals surface area contributed by atoms with Crippen LogP contribution in [0.5, 0.6) is 0 Å². The van der Waals surface area contributed by atoms with Gasteiger partial charge in [0.15, 0.2) is 25.2 Å². The SMILES string of the molecule is CO[C@@H]1[C@@H](O)[C@H](O[C@@H]2[C@@H](O)[C@H](O[C@H]3[C@H](O)[C@@H](O)[C@H](O[C@H]4[C@H](O[C@H]5CC[C@]6(C)[C@@H]7CC[C@]89C(=O)O[C@@](C)(CCCC(C)=O)[C@H]8[C@@H](OC(C)=O)C[C@@]9(C)C7=CC[C@H]6C5(C)C)OC[C@@H](O)[C@@H]4O)O[C@@H]3C)O[C@H](CO)[C@H]2O)OC[C@H]1O. The van der Waals surface area contributed by atoms with Gasteiger partial charge in [0.25, 0.3) is 0 Å². The number of aliphatic hydroxyl groups is 9. The van der Waals surface area contributed by atoms with Crippen LogP contribution in [0.2, 0.25) is 0 Å². The average Bonchev–Trinajstić information content (AvgIpc) is 3.85. The fraction of sp³-hybridized carbons (Fsp3) is 0.907. The highest BCUT2D eigenvalue weighted by Gasteiger charge is 2.79. The zero-order valence-electron chi connectivity index (χ0n) is 45.6. The number of aliphatic hydroxyl groups excluding tert-OH is 9. The molecule has 8 fully saturated rings. The maximum atomic E-state index is 14.6. The summed E-state index contributed by atoms with van der Waals surface area (Å²) in [6.07, 6.45) is -21.0. The lowest BCUT2D eigenvalue weighted by molar-refractivity contribution is -0.387. The summed E-state index contributed by atoms with van der Waals surface area (Å²) < 4.78 is 65.8. The van der Waals surface area contributed by atoms with Gasteiger partial charge in [-0.2, -0.15) is 0 Å². The Kier molecular flexibility index (Phi) is 17.0. The van der Waals surface area contributed by atoms with Crippen molar-refractivity contribution >= 4 is 17.7 Å². The molecule has 5 saturated heterocycles. The summed E-state index contributed by atoms with van der Waals surface area (Å²) in [4.78, 5) is 39.3. The molecule has 0 bridgehead atoms. The van der Waals surface area contributed by atoms with Crippen molar-refractivity contribution in [2.24, 2.45) is 39.4 Å². The second-order valence-electron chi connectivity index (χ2n) is 24.8. The molecule has 438 valence electrons. The Labute approximate surface area is 448 Å². The monoisotopic (exact) mass is 1100 g/mol. The topological polar surface area (TPSA) is 335 Å². The van der Waals surface area contributed by atoms with E-state index in [-0.39, 0.29) is 42.2 Å². The number of allylic oxidation sites excluding steroid dienone is 2. The molecule has 23 nitrogen and oxygen atoms in total. The molecule has 0 aromatic carbocycles. The Balaban J connectivity index is 0.885. The van der Waals surface area contributed by atoms with Crippen molar-refractivity contribution in [2.75, 3.05) is 26.9 Å². The van der Waals surface area contributed by atoms with Crippen LogP contribution < -0.4 is 0 Å². The van der Waals surface area contributed by atoms with E-state index in [0.29, 0.717) is 51.4 Å². The normalized spacial score (nSPS) is 51.3. The minimum Gasteiger partial charge on any atom is -0.462 e. The third-order valence-corrected chi connectivity index (χ3v) is 19.9. The van der Waals surface area contributed by atoms with Gasteiger partial charge in [-0.15, -0.1) is 0 Å². The highest BCUT2D eigenvalue weighted by atomic mass is 16.8. The quantitative estimate of drug-likeness (QED) is 0.0758. The molecule has 0 aromatic heterocycles. The minimum atomic E-state index is -1.88. The molecule has 3 saturated carbocycles. The summed E-state index contributed by atoms with van der Waals surface area (Å²) >= 11 is 0. The molecule has 23 heteroatoms. The van der Waals surface area contributed by atoms with E-state index in [0.717, 1.165) is 6.42 Å². The summed E-state index contributed by atoms with van der Waals surface area (Å²) in [6, 6.07) is 0. The number of Topliss-reactive ketones (excluding diaryl/α,β-unsaturated/α-hetero) is 1. The van der Waals surface area contributed by atoms with E-state index in [2.05, 4.69) is 33.8 Å². The number of hydrogen-bond donors (Lipinski definition) is 9. The van der Waals surface area contributed by atoms with Gasteiger partial charge in [-0.1, -0.05) is 39.3 Å². The van der Waals surface area contributed by atoms with Crippen LogP contribution in [-0.4, -0.2) is 219 Å². The summed E-state index contributed by atoms with van der Waals surface area (Å²) in [5.41, 5.74) is -2.12. The first kappa shape index (κ1) is 59.3. The van der Waals surface area contributed by atoms with Crippen LogP contribution in [0, 0.1) is 39.4 Å². The summed E-state index contributed by atoms with van der Waals surface area (Å²) in [5.74, 6) is -0.890. The van der Waals surface area contributed by atoms with Gasteiger partial charge in [0.2, 0.25) is 0 Å². The molecule has 27 atom stereocenters. The number of carbonyl (C=O) groups excluding carboxylic acids is 3. The third-order valence-electron chi connectivity index (χ3n) is 19.9. The van der Waals surface area contributed by atoms with Gasteiger partial charge in [0, 0.05) is 25.9 Å². The molecule has 77 heavy (non-hydrogen) atoms. The van der Waals surface area contributed by atoms with Gasteiger partial charge in [-0.3, -0.25) is 9.59 Å². The third kappa shape index (κ3) is 9.97. The highest BCUT2D eigenvalue weighted by Crippen LogP contribution is 2.76. The lowest BCUT2D eigenvalue weighted by atomic mass is 9.41. The molecule has 5 aliphatic heterocycles. The number of carbonyl (C=O) groups is 3. The number of methoxy groups -OCH3 is 1. The van der Waals surface area contributed by atoms with Crippen LogP contribution in [-0.2, 0) is 66.5 Å². The van der Waals surface area contributed by atoms with E-state index in [1.807, 2.05) is 6.92 Å². The van der Waals surface area contributed by atoms with Crippen LogP contribution in [0.1, 0.15) is 113 Å². The number of fused-ring (bicyclic) bond motifs is 4. The molecular weight excluding hydrogens is 1020 g/mol. The summed E-state index contributed by atoms with van der Waals surface area (Å²) in [7, 11) is 1.26. The van der Waals surface area contributed by atoms with Crippen LogP contribution >= 0.6 is 0 Å². The molecule has 5 heterocycles. The Morgan fingerprint density at radius 3 is 2.05 bits per heavy atom. The molecule has 0 aromatic rings. The molecule has 9 N–H and O–H groups in total. The van der Waals surface area contributed by atoms with Crippen molar-refractivity contribution in [3.05, 3.63) is 11.6 Å². The van der Waals surface area contributed by atoms with Crippen molar-refractivity contribution in [2.45, 2.75) is 242 Å². The first-order valence-electron chi connectivity index (χ1n) is 27.5. The van der Waals surface area contributed by atoms with Gasteiger partial charge >= 0.3 is 11.9 Å². The largest absolute Gasteiger partial charge is 0.462 e. The van der Waals surface area contributed by atoms with Crippen molar-refractivity contribution in [3.8, 4) is 0 Å². The molecule has 1 spiro atoms. The molecule has 0 radical (unpaired) electrons. The van der Waals surface area contributed by atoms with Crippen LogP contribution in [0.3, 0.4) is 0 Å². The molecule has 0 amide bonds. The molecular formula is C54H84O23. The molecule has 4 aliphatic carbocycles. The van der Waals surface area contributed by atoms with Gasteiger partial charge in [0.1, 0.15) is 96.8 Å². The van der Waals surface area contributed by atoms with Crippen molar-refractivity contribution in [3.63, 3.8) is 0 Å². The highest BCUT2D eigenvalue weighted by molar-refractivity contribution is 5.84. The lowest BCUT2D eigenvalue weighted by Crippen LogP contribution is -2.66. The fourth-order valence-corrected chi connectivity index (χ4v) is 16.1. The number of cyclic esters (lactones) is 1. The number of esters is 2. The first-order valence-corrected chi connectivity index (χ1v) is 27.5. The Hall–Kier alpha value is -2.37. The lowest BCUT2D eigenvalue weighted by Gasteiger charge is -2.63. The van der Waals surface area contributed by atoms with Gasteiger partial charge < -0.3 is 103 Å². The van der Waals surface area contributed by atoms with Crippen LogP contribution in [0.4, 0.5) is 0 Å². The zero-order chi connectivity index (χ0) is 56.1. The summed E-state index contributed by atoms with van der Waals surface area (Å²) in [6.45, 7) is 13.7. The van der Waals surface area contributed by atoms with Crippen LogP contribution in [0.15, 0.2) is 11.6 Å². The van der Waals surface area contributed by atoms with E-state index >= 15 is 0 Å². The first-order chi connectivity index (χ1) is 36.2. The maximum Gasteiger partial charge on any atom is 0.314 e. The van der Waals surface area contributed by atoms with E-state index in [4.69, 9.17) is 52.1 Å². The van der Waals surface area contributed by atoms with Gasteiger partial charge in [0.05, 0.1) is 43.4 Å². The predicted molar refractivity (Wildman–Crippen MR) is 261 cm³/mol. The van der Waals surface area contributed by atoms with Crippen molar-refractivity contribution in [1.29, 1.82) is 0 Å². The molecule has 9 aliphatic rings. The number of ketones is 1. The van der Waals surface area contributed by atoms with Gasteiger partial charge in [-0.05, 0) is 94.8 Å². The molecule has 9 rings (SSSR count). The van der Waals surface area contributed by atoms with E-state index < -0.39 is 163 Å². The van der Waals surface area contributed by atoms with Crippen LogP contribution in [0.25, 0.3) is 0 Å². The average molecular weight is 1100 g/mol. The second-order valence-corrected chi connectivity index (χ2v) is 24.8. The number of ether oxygens (including phenoxy) is 11. The minimum absolute atomic E-state index is 0.0533. The molecule has 0 unspecified atom stereocenters. The maximum absolute atomic E-state index is 14.6. The Bertz CT molecular complexity index is 2180. The Morgan fingerprint density at radius 2 is 1.38 bits per heavy atom. The zero-order valence-corrected chi connectivity index (χ0v) is 45.6. The van der Waals surface area contributed by atoms with Gasteiger partial charge in [-0.25, -0.2) is 0 Å². The second kappa shape index (κ2) is 22.1. The fourth-order valence-electron chi connectivity index (χ4n) is 16.1. The van der Waals surface area contributed by atoms with E-state index in [9.17, 15) is 60.3 Å². The van der Waals surface area contributed by atoms with E-state index in [1.165, 1.54) is 26.5 Å².